The van der Waals surface area contributed by atoms with Crippen molar-refractivity contribution in [1.29, 1.82) is 0 Å². The van der Waals surface area contributed by atoms with E-state index in [-0.39, 0.29) is 11.6 Å². The minimum Gasteiger partial charge on any atom is -0.383 e. The zero-order valence-corrected chi connectivity index (χ0v) is 17.9. The van der Waals surface area contributed by atoms with E-state index < -0.39 is 11.5 Å². The Labute approximate surface area is 176 Å². The van der Waals surface area contributed by atoms with Crippen molar-refractivity contribution < 1.29 is 9.53 Å². The second-order valence-electron chi connectivity index (χ2n) is 8.54. The molecule has 4 rings (SSSR count). The number of hydrogen-bond donors (Lipinski definition) is 1. The van der Waals surface area contributed by atoms with E-state index in [1.807, 2.05) is 6.92 Å². The molecule has 0 unspecified atom stereocenters. The largest absolute Gasteiger partial charge is 0.383 e. The number of carbonyl (C=O) groups excluding carboxylic acids is 1. The third-order valence-electron chi connectivity index (χ3n) is 6.17. The summed E-state index contributed by atoms with van der Waals surface area (Å²) in [6.45, 7) is 4.05. The molecule has 9 heteroatoms. The molecule has 1 saturated heterocycles. The quantitative estimate of drug-likeness (QED) is 0.767. The van der Waals surface area contributed by atoms with Crippen molar-refractivity contribution in [1.82, 2.24) is 24.9 Å². The Hall–Kier alpha value is -2.68. The van der Waals surface area contributed by atoms with Crippen molar-refractivity contribution in [2.45, 2.75) is 38.6 Å². The molecule has 0 spiro atoms. The SMILES string of the molecule is COC[C@H](C)NC(=O)c1cc(N2C[C@H]3CCCC[C@H]3C2)nn(-c2cnn(C)c2)c1=O. The van der Waals surface area contributed by atoms with Gasteiger partial charge in [0.25, 0.3) is 11.5 Å². The number of anilines is 1. The molecule has 30 heavy (non-hydrogen) atoms. The summed E-state index contributed by atoms with van der Waals surface area (Å²) in [5.74, 6) is 1.58. The Balaban J connectivity index is 1.71. The number of nitrogens with one attached hydrogen (secondary N) is 1. The predicted octanol–water partition coefficient (Wildman–Crippen LogP) is 1.36. The molecule has 2 aromatic rings. The highest BCUT2D eigenvalue weighted by Crippen LogP contribution is 2.37. The van der Waals surface area contributed by atoms with Gasteiger partial charge in [0.1, 0.15) is 11.3 Å². The summed E-state index contributed by atoms with van der Waals surface area (Å²) in [6, 6.07) is 1.43. The van der Waals surface area contributed by atoms with Crippen molar-refractivity contribution in [2.24, 2.45) is 18.9 Å². The monoisotopic (exact) mass is 414 g/mol. The number of carbonyl (C=O) groups is 1. The maximum Gasteiger partial charge on any atom is 0.284 e. The summed E-state index contributed by atoms with van der Waals surface area (Å²) in [7, 11) is 3.36. The van der Waals surface area contributed by atoms with Gasteiger partial charge in [-0.25, -0.2) is 0 Å². The van der Waals surface area contributed by atoms with Crippen LogP contribution in [0.5, 0.6) is 0 Å². The molecule has 1 aliphatic heterocycles. The highest BCUT2D eigenvalue weighted by atomic mass is 16.5. The summed E-state index contributed by atoms with van der Waals surface area (Å²) in [6.07, 6.45) is 8.34. The van der Waals surface area contributed by atoms with Gasteiger partial charge in [0.05, 0.1) is 19.0 Å². The fourth-order valence-corrected chi connectivity index (χ4v) is 4.68. The molecule has 1 saturated carbocycles. The summed E-state index contributed by atoms with van der Waals surface area (Å²) in [4.78, 5) is 28.3. The molecule has 1 amide bonds. The number of ether oxygens (including phenoxy) is 1. The minimum absolute atomic E-state index is 0.0849. The number of hydrogen-bond acceptors (Lipinski definition) is 6. The molecule has 0 bridgehead atoms. The van der Waals surface area contributed by atoms with Gasteiger partial charge < -0.3 is 15.0 Å². The lowest BCUT2D eigenvalue weighted by atomic mass is 9.82. The van der Waals surface area contributed by atoms with Gasteiger partial charge in [-0.3, -0.25) is 14.3 Å². The zero-order valence-electron chi connectivity index (χ0n) is 17.9. The molecule has 2 aromatic heterocycles. The fourth-order valence-electron chi connectivity index (χ4n) is 4.68. The number of amides is 1. The van der Waals surface area contributed by atoms with E-state index in [1.165, 1.54) is 30.4 Å². The Bertz CT molecular complexity index is 954. The van der Waals surface area contributed by atoms with Crippen molar-refractivity contribution in [3.05, 3.63) is 34.4 Å². The molecule has 2 fully saturated rings. The van der Waals surface area contributed by atoms with Crippen LogP contribution in [0.1, 0.15) is 43.0 Å². The van der Waals surface area contributed by atoms with E-state index in [1.54, 1.807) is 37.3 Å². The summed E-state index contributed by atoms with van der Waals surface area (Å²) in [5.41, 5.74) is 0.173. The van der Waals surface area contributed by atoms with E-state index in [0.29, 0.717) is 29.9 Å². The van der Waals surface area contributed by atoms with Crippen LogP contribution in [-0.2, 0) is 11.8 Å². The average molecular weight is 415 g/mol. The lowest BCUT2D eigenvalue weighted by molar-refractivity contribution is 0.0903. The Morgan fingerprint density at radius 2 is 2.00 bits per heavy atom. The van der Waals surface area contributed by atoms with E-state index >= 15 is 0 Å². The minimum atomic E-state index is -0.453. The van der Waals surface area contributed by atoms with Crippen LogP contribution in [0.15, 0.2) is 23.3 Å². The highest BCUT2D eigenvalue weighted by Gasteiger charge is 2.35. The molecule has 3 atom stereocenters. The number of nitrogens with zero attached hydrogens (tertiary/aromatic N) is 5. The Kier molecular flexibility index (Phi) is 5.90. The number of aryl methyl sites for hydroxylation is 1. The molecule has 3 heterocycles. The molecule has 9 nitrogen and oxygen atoms in total. The van der Waals surface area contributed by atoms with Crippen molar-refractivity contribution >= 4 is 11.7 Å². The molecule has 1 N–H and O–H groups in total. The van der Waals surface area contributed by atoms with E-state index in [9.17, 15) is 9.59 Å². The van der Waals surface area contributed by atoms with Crippen LogP contribution in [-0.4, -0.2) is 58.3 Å². The van der Waals surface area contributed by atoms with Crippen LogP contribution in [0, 0.1) is 11.8 Å². The smallest absolute Gasteiger partial charge is 0.284 e. The van der Waals surface area contributed by atoms with Gasteiger partial charge in [-0.2, -0.15) is 9.78 Å². The maximum absolute atomic E-state index is 13.1. The van der Waals surface area contributed by atoms with Gasteiger partial charge in [0.15, 0.2) is 5.82 Å². The van der Waals surface area contributed by atoms with Crippen LogP contribution < -0.4 is 15.8 Å². The summed E-state index contributed by atoms with van der Waals surface area (Å²) < 4.78 is 8.00. The predicted molar refractivity (Wildman–Crippen MR) is 113 cm³/mol. The van der Waals surface area contributed by atoms with Crippen molar-refractivity contribution in [2.75, 3.05) is 31.7 Å². The Morgan fingerprint density at radius 1 is 1.30 bits per heavy atom. The topological polar surface area (TPSA) is 94.3 Å². The zero-order chi connectivity index (χ0) is 21.3. The fraction of sp³-hybridized carbons (Fsp3) is 0.619. The lowest BCUT2D eigenvalue weighted by Crippen LogP contribution is -2.40. The molecule has 1 aliphatic carbocycles. The van der Waals surface area contributed by atoms with E-state index in [4.69, 9.17) is 4.74 Å². The molecular formula is C21H30N6O3. The van der Waals surface area contributed by atoms with Gasteiger partial charge in [0, 0.05) is 39.4 Å². The normalized spacial score (nSPS) is 22.0. The Morgan fingerprint density at radius 3 is 2.60 bits per heavy atom. The second-order valence-corrected chi connectivity index (χ2v) is 8.54. The molecule has 162 valence electrons. The first-order valence-electron chi connectivity index (χ1n) is 10.6. The van der Waals surface area contributed by atoms with Crippen LogP contribution in [0.3, 0.4) is 0 Å². The lowest BCUT2D eigenvalue weighted by Gasteiger charge is -2.22. The second kappa shape index (κ2) is 8.59. The van der Waals surface area contributed by atoms with Gasteiger partial charge in [-0.15, -0.1) is 5.10 Å². The first-order valence-corrected chi connectivity index (χ1v) is 10.6. The van der Waals surface area contributed by atoms with Gasteiger partial charge >= 0.3 is 0 Å². The van der Waals surface area contributed by atoms with Crippen LogP contribution in [0.2, 0.25) is 0 Å². The van der Waals surface area contributed by atoms with Gasteiger partial charge in [-0.05, 0) is 31.6 Å². The third kappa shape index (κ3) is 4.12. The number of fused-ring (bicyclic) bond motifs is 1. The maximum atomic E-state index is 13.1. The first kappa shape index (κ1) is 20.6. The number of methoxy groups -OCH3 is 1. The highest BCUT2D eigenvalue weighted by molar-refractivity contribution is 5.94. The van der Waals surface area contributed by atoms with Gasteiger partial charge in [-0.1, -0.05) is 12.8 Å². The van der Waals surface area contributed by atoms with Gasteiger partial charge in [0.2, 0.25) is 0 Å². The van der Waals surface area contributed by atoms with Crippen LogP contribution in [0.4, 0.5) is 5.82 Å². The number of rotatable bonds is 6. The van der Waals surface area contributed by atoms with Crippen molar-refractivity contribution in [3.63, 3.8) is 0 Å². The van der Waals surface area contributed by atoms with Crippen LogP contribution >= 0.6 is 0 Å². The van der Waals surface area contributed by atoms with Crippen molar-refractivity contribution in [3.8, 4) is 5.69 Å². The number of aromatic nitrogens is 4. The summed E-state index contributed by atoms with van der Waals surface area (Å²) >= 11 is 0. The standard InChI is InChI=1S/C21H30N6O3/c1-14(13-30-3)23-20(28)18-8-19(26-10-15-6-4-5-7-16(15)11-26)24-27(21(18)29)17-9-22-25(2)12-17/h8-9,12,14-16H,4-7,10-11,13H2,1-3H3,(H,23,28)/t14-,15-,16+/m0/s1. The van der Waals surface area contributed by atoms with E-state index in [0.717, 1.165) is 13.1 Å². The molecule has 0 radical (unpaired) electrons. The third-order valence-corrected chi connectivity index (χ3v) is 6.17. The molecule has 2 aliphatic rings. The van der Waals surface area contributed by atoms with E-state index in [2.05, 4.69) is 20.4 Å². The molecule has 0 aromatic carbocycles. The average Bonchev–Trinajstić information content (AvgIpc) is 3.34. The summed E-state index contributed by atoms with van der Waals surface area (Å²) in [5, 5.41) is 11.6. The van der Waals surface area contributed by atoms with Crippen LogP contribution in [0.25, 0.3) is 5.69 Å². The first-order chi connectivity index (χ1) is 14.5. The molecular weight excluding hydrogens is 384 g/mol.